The molecule has 0 fully saturated rings. The summed E-state index contributed by atoms with van der Waals surface area (Å²) in [4.78, 5) is 17.6. The van der Waals surface area contributed by atoms with Gasteiger partial charge in [0.15, 0.2) is 0 Å². The first-order valence-corrected chi connectivity index (χ1v) is 5.38. The van der Waals surface area contributed by atoms with Crippen molar-refractivity contribution >= 4 is 27.3 Å². The van der Waals surface area contributed by atoms with Crippen molar-refractivity contribution in [2.24, 2.45) is 0 Å². The summed E-state index contributed by atoms with van der Waals surface area (Å²) in [6.07, 6.45) is 1.54. The topological polar surface area (TPSA) is 66.0 Å². The highest BCUT2D eigenvalue weighted by Crippen LogP contribution is 2.29. The van der Waals surface area contributed by atoms with Crippen LogP contribution in [0.2, 0.25) is 0 Å². The molecule has 0 saturated heterocycles. The lowest BCUT2D eigenvalue weighted by Gasteiger charge is -1.97. The van der Waals surface area contributed by atoms with Crippen molar-refractivity contribution in [1.29, 1.82) is 0 Å². The highest BCUT2D eigenvalue weighted by Gasteiger charge is 2.09. The minimum Gasteiger partial charge on any atom is -0.493 e. The number of rotatable bonds is 1. The van der Waals surface area contributed by atoms with Gasteiger partial charge in [-0.15, -0.1) is 11.3 Å². The number of nitrogens with zero attached hydrogens (tertiary/aromatic N) is 1. The van der Waals surface area contributed by atoms with Gasteiger partial charge in [-0.05, 0) is 22.0 Å². The summed E-state index contributed by atoms with van der Waals surface area (Å²) < 4.78 is 0.425. The van der Waals surface area contributed by atoms with E-state index in [-0.39, 0.29) is 11.4 Å². The number of aromatic hydroxyl groups is 1. The smallest absolute Gasteiger partial charge is 0.262 e. The molecule has 0 aromatic carbocycles. The van der Waals surface area contributed by atoms with Crippen LogP contribution in [0.3, 0.4) is 0 Å². The van der Waals surface area contributed by atoms with Crippen molar-refractivity contribution in [3.8, 4) is 16.5 Å². The molecule has 14 heavy (non-hydrogen) atoms. The number of aromatic amines is 1. The molecule has 72 valence electrons. The second kappa shape index (κ2) is 3.55. The van der Waals surface area contributed by atoms with Crippen LogP contribution >= 0.6 is 27.3 Å². The number of hydrogen-bond acceptors (Lipinski definition) is 4. The first-order valence-electron chi connectivity index (χ1n) is 3.70. The SMILES string of the molecule is O=c1[nH]ccc(-c2nc(O)cs2)c1Br. The number of aromatic nitrogens is 2. The van der Waals surface area contributed by atoms with Gasteiger partial charge in [-0.1, -0.05) is 0 Å². The first kappa shape index (κ1) is 9.42. The van der Waals surface area contributed by atoms with E-state index in [2.05, 4.69) is 25.9 Å². The second-order valence-electron chi connectivity index (χ2n) is 2.55. The van der Waals surface area contributed by atoms with E-state index in [1.807, 2.05) is 0 Å². The molecule has 0 aliphatic rings. The molecule has 0 aliphatic heterocycles. The maximum Gasteiger partial charge on any atom is 0.262 e. The minimum atomic E-state index is -0.211. The van der Waals surface area contributed by atoms with E-state index < -0.39 is 0 Å². The van der Waals surface area contributed by atoms with Crippen LogP contribution in [-0.4, -0.2) is 15.1 Å². The molecule has 2 N–H and O–H groups in total. The van der Waals surface area contributed by atoms with Crippen LogP contribution in [0, 0.1) is 0 Å². The Balaban J connectivity index is 2.63. The van der Waals surface area contributed by atoms with Gasteiger partial charge in [0.05, 0.1) is 9.85 Å². The Labute approximate surface area is 91.4 Å². The largest absolute Gasteiger partial charge is 0.493 e. The Morgan fingerprint density at radius 3 is 3.00 bits per heavy atom. The molecule has 0 aliphatic carbocycles. The molecule has 2 heterocycles. The molecule has 0 radical (unpaired) electrons. The van der Waals surface area contributed by atoms with Gasteiger partial charge in [-0.25, -0.2) is 4.98 Å². The maximum absolute atomic E-state index is 11.2. The molecule has 0 amide bonds. The van der Waals surface area contributed by atoms with E-state index in [9.17, 15) is 4.79 Å². The molecular weight excluding hydrogens is 268 g/mol. The van der Waals surface area contributed by atoms with Crippen molar-refractivity contribution in [2.75, 3.05) is 0 Å². The number of halogens is 1. The average Bonchev–Trinajstić information content (AvgIpc) is 2.57. The third-order valence-corrected chi connectivity index (χ3v) is 3.27. The predicted molar refractivity (Wildman–Crippen MR) is 57.5 cm³/mol. The molecule has 0 saturated carbocycles. The van der Waals surface area contributed by atoms with Gasteiger partial charge in [0.2, 0.25) is 5.88 Å². The highest BCUT2D eigenvalue weighted by molar-refractivity contribution is 9.10. The quantitative estimate of drug-likeness (QED) is 0.834. The van der Waals surface area contributed by atoms with Gasteiger partial charge in [0, 0.05) is 11.8 Å². The van der Waals surface area contributed by atoms with E-state index >= 15 is 0 Å². The highest BCUT2D eigenvalue weighted by atomic mass is 79.9. The molecule has 0 bridgehead atoms. The van der Waals surface area contributed by atoms with E-state index in [0.717, 1.165) is 0 Å². The van der Waals surface area contributed by atoms with Crippen molar-refractivity contribution in [3.63, 3.8) is 0 Å². The monoisotopic (exact) mass is 272 g/mol. The zero-order chi connectivity index (χ0) is 10.1. The fourth-order valence-corrected chi connectivity index (χ4v) is 2.29. The lowest BCUT2D eigenvalue weighted by molar-refractivity contribution is 0.458. The molecule has 0 unspecified atom stereocenters. The number of pyridine rings is 1. The zero-order valence-electron chi connectivity index (χ0n) is 6.82. The fraction of sp³-hybridized carbons (Fsp3) is 0. The summed E-state index contributed by atoms with van der Waals surface area (Å²) in [5, 5.41) is 11.2. The second-order valence-corrected chi connectivity index (χ2v) is 4.20. The van der Waals surface area contributed by atoms with Gasteiger partial charge in [-0.2, -0.15) is 0 Å². The summed E-state index contributed by atoms with van der Waals surface area (Å²) in [6.45, 7) is 0. The molecule has 2 aromatic rings. The first-order chi connectivity index (χ1) is 6.68. The molecule has 4 nitrogen and oxygen atoms in total. The zero-order valence-corrected chi connectivity index (χ0v) is 9.22. The predicted octanol–water partition coefficient (Wildman–Crippen LogP) is 1.97. The van der Waals surface area contributed by atoms with E-state index in [0.29, 0.717) is 15.0 Å². The van der Waals surface area contributed by atoms with Crippen LogP contribution in [0.15, 0.2) is 26.9 Å². The average molecular weight is 273 g/mol. The number of thiazole rings is 1. The number of nitrogens with one attached hydrogen (secondary N) is 1. The van der Waals surface area contributed by atoms with Crippen molar-refractivity contribution < 1.29 is 5.11 Å². The Hall–Kier alpha value is -1.14. The Morgan fingerprint density at radius 1 is 1.57 bits per heavy atom. The van der Waals surface area contributed by atoms with Crippen LogP contribution in [0.5, 0.6) is 5.88 Å². The van der Waals surface area contributed by atoms with E-state index in [1.165, 1.54) is 16.7 Å². The lowest BCUT2D eigenvalue weighted by atomic mass is 10.3. The van der Waals surface area contributed by atoms with E-state index in [4.69, 9.17) is 5.11 Å². The van der Waals surface area contributed by atoms with Gasteiger partial charge in [0.25, 0.3) is 5.56 Å². The van der Waals surface area contributed by atoms with Gasteiger partial charge >= 0.3 is 0 Å². The molecule has 2 rings (SSSR count). The normalized spacial score (nSPS) is 10.4. The van der Waals surface area contributed by atoms with E-state index in [1.54, 1.807) is 12.3 Å². The minimum absolute atomic E-state index is 0.0304. The van der Waals surface area contributed by atoms with Crippen LogP contribution in [-0.2, 0) is 0 Å². The van der Waals surface area contributed by atoms with Crippen LogP contribution in [0.25, 0.3) is 10.6 Å². The standard InChI is InChI=1S/C8H5BrN2O2S/c9-6-4(1-2-10-7(6)13)8-11-5(12)3-14-8/h1-3,12H,(H,10,13). The van der Waals surface area contributed by atoms with Crippen LogP contribution in [0.1, 0.15) is 0 Å². The lowest BCUT2D eigenvalue weighted by Crippen LogP contribution is -2.05. The van der Waals surface area contributed by atoms with Gasteiger partial charge < -0.3 is 10.1 Å². The summed E-state index contributed by atoms with van der Waals surface area (Å²) >= 11 is 4.45. The van der Waals surface area contributed by atoms with Crippen molar-refractivity contribution in [2.45, 2.75) is 0 Å². The van der Waals surface area contributed by atoms with Crippen LogP contribution in [0.4, 0.5) is 0 Å². The van der Waals surface area contributed by atoms with Crippen molar-refractivity contribution in [3.05, 3.63) is 32.5 Å². The molecule has 6 heteroatoms. The maximum atomic E-state index is 11.2. The number of hydrogen-bond donors (Lipinski definition) is 2. The third kappa shape index (κ3) is 1.58. The molecule has 2 aromatic heterocycles. The van der Waals surface area contributed by atoms with Gasteiger partial charge in [0.1, 0.15) is 5.01 Å². The summed E-state index contributed by atoms with van der Waals surface area (Å²) in [5.74, 6) is -0.0304. The fourth-order valence-electron chi connectivity index (χ4n) is 1.01. The summed E-state index contributed by atoms with van der Waals surface area (Å²) in [6, 6.07) is 1.73. The number of H-pyrrole nitrogens is 1. The molecule has 0 spiro atoms. The summed E-state index contributed by atoms with van der Waals surface area (Å²) in [5.41, 5.74) is 0.469. The van der Waals surface area contributed by atoms with Crippen LogP contribution < -0.4 is 5.56 Å². The Bertz CT molecular complexity index is 520. The van der Waals surface area contributed by atoms with Gasteiger partial charge in [-0.3, -0.25) is 4.79 Å². The Morgan fingerprint density at radius 2 is 2.36 bits per heavy atom. The third-order valence-electron chi connectivity index (χ3n) is 1.62. The van der Waals surface area contributed by atoms with Crippen molar-refractivity contribution in [1.82, 2.24) is 9.97 Å². The summed E-state index contributed by atoms with van der Waals surface area (Å²) in [7, 11) is 0. The Kier molecular flexibility index (Phi) is 2.39. The molecular formula is C8H5BrN2O2S. The molecule has 0 atom stereocenters.